The lowest BCUT2D eigenvalue weighted by Crippen LogP contribution is -2.04. The molecule has 0 saturated carbocycles. The van der Waals surface area contributed by atoms with E-state index in [2.05, 4.69) is 20.6 Å². The summed E-state index contributed by atoms with van der Waals surface area (Å²) in [7, 11) is 0. The molecular formula is C9H11N5. The van der Waals surface area contributed by atoms with E-state index in [1.165, 1.54) is 0 Å². The molecule has 5 nitrogen and oxygen atoms in total. The van der Waals surface area contributed by atoms with Gasteiger partial charge in [0.15, 0.2) is 0 Å². The fourth-order valence-electron chi connectivity index (χ4n) is 1.25. The van der Waals surface area contributed by atoms with E-state index in [1.807, 2.05) is 31.2 Å². The van der Waals surface area contributed by atoms with E-state index in [9.17, 15) is 0 Å². The molecule has 1 aromatic carbocycles. The molecule has 1 atom stereocenters. The summed E-state index contributed by atoms with van der Waals surface area (Å²) >= 11 is 0. The van der Waals surface area contributed by atoms with Crippen molar-refractivity contribution in [1.82, 2.24) is 20.6 Å². The van der Waals surface area contributed by atoms with Gasteiger partial charge in [-0.3, -0.25) is 0 Å². The minimum Gasteiger partial charge on any atom is -0.324 e. The van der Waals surface area contributed by atoms with Crippen LogP contribution < -0.4 is 5.73 Å². The molecule has 1 aromatic heterocycles. The Morgan fingerprint density at radius 1 is 1.43 bits per heavy atom. The second-order valence-electron chi connectivity index (χ2n) is 3.15. The van der Waals surface area contributed by atoms with Crippen molar-refractivity contribution in [3.05, 3.63) is 29.8 Å². The van der Waals surface area contributed by atoms with Gasteiger partial charge in [0.05, 0.1) is 0 Å². The minimum atomic E-state index is 0.0156. The largest absolute Gasteiger partial charge is 0.324 e. The van der Waals surface area contributed by atoms with Crippen molar-refractivity contribution in [2.75, 3.05) is 0 Å². The van der Waals surface area contributed by atoms with Gasteiger partial charge in [0.25, 0.3) is 0 Å². The first-order chi connectivity index (χ1) is 6.77. The maximum Gasteiger partial charge on any atom is 0.204 e. The highest BCUT2D eigenvalue weighted by molar-refractivity contribution is 5.55. The number of nitrogens with zero attached hydrogens (tertiary/aromatic N) is 3. The van der Waals surface area contributed by atoms with Crippen LogP contribution in [0.15, 0.2) is 24.3 Å². The third-order valence-electron chi connectivity index (χ3n) is 2.02. The smallest absolute Gasteiger partial charge is 0.204 e. The highest BCUT2D eigenvalue weighted by atomic mass is 15.5. The van der Waals surface area contributed by atoms with Gasteiger partial charge in [0, 0.05) is 11.6 Å². The third-order valence-corrected chi connectivity index (χ3v) is 2.02. The maximum absolute atomic E-state index is 5.77. The zero-order chi connectivity index (χ0) is 9.97. The number of hydrogen-bond acceptors (Lipinski definition) is 4. The first kappa shape index (κ1) is 8.83. The summed E-state index contributed by atoms with van der Waals surface area (Å²) in [5.74, 6) is 0.590. The second-order valence-corrected chi connectivity index (χ2v) is 3.15. The van der Waals surface area contributed by atoms with Crippen molar-refractivity contribution in [2.45, 2.75) is 13.0 Å². The number of nitrogens with two attached hydrogens (primary N) is 1. The Morgan fingerprint density at radius 2 is 2.29 bits per heavy atom. The van der Waals surface area contributed by atoms with Crippen molar-refractivity contribution in [3.8, 4) is 11.4 Å². The van der Waals surface area contributed by atoms with Gasteiger partial charge in [-0.25, -0.2) is 0 Å². The number of aromatic amines is 1. The molecule has 0 unspecified atom stereocenters. The van der Waals surface area contributed by atoms with Crippen LogP contribution >= 0.6 is 0 Å². The predicted molar refractivity (Wildman–Crippen MR) is 52.2 cm³/mol. The Kier molecular flexibility index (Phi) is 2.24. The Bertz CT molecular complexity index is 407. The van der Waals surface area contributed by atoms with Gasteiger partial charge in [0.1, 0.15) is 0 Å². The van der Waals surface area contributed by atoms with Crippen molar-refractivity contribution in [2.24, 2.45) is 5.73 Å². The zero-order valence-electron chi connectivity index (χ0n) is 7.81. The van der Waals surface area contributed by atoms with Crippen molar-refractivity contribution in [3.63, 3.8) is 0 Å². The fraction of sp³-hybridized carbons (Fsp3) is 0.222. The number of aromatic nitrogens is 4. The highest BCUT2D eigenvalue weighted by Crippen LogP contribution is 2.18. The van der Waals surface area contributed by atoms with Gasteiger partial charge in [-0.2, -0.15) is 5.21 Å². The molecule has 0 fully saturated rings. The number of benzene rings is 1. The van der Waals surface area contributed by atoms with Crippen LogP contribution in [0.2, 0.25) is 0 Å². The average molecular weight is 189 g/mol. The maximum atomic E-state index is 5.77. The van der Waals surface area contributed by atoms with E-state index in [4.69, 9.17) is 5.73 Å². The standard InChI is InChI=1S/C9H11N5/c1-6(10)7-3-2-4-8(5-7)9-11-13-14-12-9/h2-6H,10H2,1H3,(H,11,12,13,14)/t6-/m1/s1. The van der Waals surface area contributed by atoms with Gasteiger partial charge in [-0.1, -0.05) is 18.2 Å². The molecule has 0 radical (unpaired) electrons. The van der Waals surface area contributed by atoms with E-state index >= 15 is 0 Å². The molecule has 72 valence electrons. The average Bonchev–Trinajstić information content (AvgIpc) is 2.71. The summed E-state index contributed by atoms with van der Waals surface area (Å²) in [5.41, 5.74) is 7.76. The second kappa shape index (κ2) is 3.55. The Balaban J connectivity index is 2.41. The predicted octanol–water partition coefficient (Wildman–Crippen LogP) is 0.886. The van der Waals surface area contributed by atoms with Crippen LogP contribution in [0.4, 0.5) is 0 Å². The van der Waals surface area contributed by atoms with Crippen LogP contribution in [0.1, 0.15) is 18.5 Å². The zero-order valence-corrected chi connectivity index (χ0v) is 7.81. The van der Waals surface area contributed by atoms with E-state index in [0.29, 0.717) is 5.82 Å². The number of H-pyrrole nitrogens is 1. The normalized spacial score (nSPS) is 12.7. The first-order valence-corrected chi connectivity index (χ1v) is 4.37. The van der Waals surface area contributed by atoms with Gasteiger partial charge in [-0.05, 0) is 23.8 Å². The van der Waals surface area contributed by atoms with Crippen LogP contribution in [0.5, 0.6) is 0 Å². The fourth-order valence-corrected chi connectivity index (χ4v) is 1.25. The molecule has 0 aliphatic heterocycles. The summed E-state index contributed by atoms with van der Waals surface area (Å²) in [6, 6.07) is 7.83. The van der Waals surface area contributed by atoms with Gasteiger partial charge >= 0.3 is 0 Å². The van der Waals surface area contributed by atoms with Gasteiger partial charge < -0.3 is 5.73 Å². The quantitative estimate of drug-likeness (QED) is 0.735. The summed E-state index contributed by atoms with van der Waals surface area (Å²) < 4.78 is 0. The van der Waals surface area contributed by atoms with Crippen LogP contribution in [-0.2, 0) is 0 Å². The van der Waals surface area contributed by atoms with Crippen molar-refractivity contribution < 1.29 is 0 Å². The summed E-state index contributed by atoms with van der Waals surface area (Å²) in [6.07, 6.45) is 0. The lowest BCUT2D eigenvalue weighted by molar-refractivity contribution is 0.818. The van der Waals surface area contributed by atoms with E-state index < -0.39 is 0 Å². The molecule has 3 N–H and O–H groups in total. The van der Waals surface area contributed by atoms with Crippen molar-refractivity contribution >= 4 is 0 Å². The molecule has 0 aliphatic carbocycles. The van der Waals surface area contributed by atoms with Crippen LogP contribution in [0.25, 0.3) is 11.4 Å². The SMILES string of the molecule is C[C@@H](N)c1cccc(-c2nn[nH]n2)c1. The number of nitrogens with one attached hydrogen (secondary N) is 1. The lowest BCUT2D eigenvalue weighted by Gasteiger charge is -2.05. The Labute approximate surface area is 81.3 Å². The molecule has 0 amide bonds. The van der Waals surface area contributed by atoms with E-state index in [1.54, 1.807) is 0 Å². The third kappa shape index (κ3) is 1.62. The summed E-state index contributed by atoms with van der Waals surface area (Å²) in [5, 5.41) is 13.7. The van der Waals surface area contributed by atoms with E-state index in [0.717, 1.165) is 11.1 Å². The van der Waals surface area contributed by atoms with Crippen LogP contribution in [-0.4, -0.2) is 20.6 Å². The Morgan fingerprint density at radius 3 is 2.93 bits per heavy atom. The molecule has 0 spiro atoms. The molecule has 1 heterocycles. The monoisotopic (exact) mass is 189 g/mol. The van der Waals surface area contributed by atoms with Gasteiger partial charge in [-0.15, -0.1) is 10.2 Å². The molecule has 14 heavy (non-hydrogen) atoms. The van der Waals surface area contributed by atoms with Crippen LogP contribution in [0.3, 0.4) is 0 Å². The summed E-state index contributed by atoms with van der Waals surface area (Å²) in [6.45, 7) is 1.94. The molecule has 2 aromatic rings. The number of tetrazole rings is 1. The van der Waals surface area contributed by atoms with Crippen LogP contribution in [0, 0.1) is 0 Å². The molecule has 0 aliphatic rings. The van der Waals surface area contributed by atoms with Gasteiger partial charge in [0.2, 0.25) is 5.82 Å². The first-order valence-electron chi connectivity index (χ1n) is 4.37. The van der Waals surface area contributed by atoms with Crippen molar-refractivity contribution in [1.29, 1.82) is 0 Å². The minimum absolute atomic E-state index is 0.0156. The van der Waals surface area contributed by atoms with E-state index in [-0.39, 0.29) is 6.04 Å². The topological polar surface area (TPSA) is 80.5 Å². The molecule has 0 saturated heterocycles. The number of hydrogen-bond donors (Lipinski definition) is 2. The molecule has 0 bridgehead atoms. The highest BCUT2D eigenvalue weighted by Gasteiger charge is 2.05. The molecular weight excluding hydrogens is 178 g/mol. The Hall–Kier alpha value is -1.75. The summed E-state index contributed by atoms with van der Waals surface area (Å²) in [4.78, 5) is 0. The molecule has 2 rings (SSSR count). The number of rotatable bonds is 2. The molecule has 5 heteroatoms. The lowest BCUT2D eigenvalue weighted by atomic mass is 10.1.